The molecule has 1 unspecified atom stereocenters. The molecule has 1 aliphatic carbocycles. The summed E-state index contributed by atoms with van der Waals surface area (Å²) in [5, 5.41) is 0. The van der Waals surface area contributed by atoms with Crippen molar-refractivity contribution in [1.29, 1.82) is 0 Å². The van der Waals surface area contributed by atoms with E-state index in [0.717, 1.165) is 25.4 Å². The summed E-state index contributed by atoms with van der Waals surface area (Å²) >= 11 is 0. The third-order valence-electron chi connectivity index (χ3n) is 3.68. The fourth-order valence-electron chi connectivity index (χ4n) is 2.65. The zero-order valence-corrected chi connectivity index (χ0v) is 11.0. The van der Waals surface area contributed by atoms with E-state index < -0.39 is 0 Å². The maximum absolute atomic E-state index is 5.64. The molecule has 1 fully saturated rings. The SMILES string of the molecule is CCOC1CC(CC(Cc2ccncc2)NN)C1. The number of hydrazine groups is 1. The van der Waals surface area contributed by atoms with E-state index in [0.29, 0.717) is 12.1 Å². The first-order chi connectivity index (χ1) is 8.81. The predicted molar refractivity (Wildman–Crippen MR) is 71.8 cm³/mol. The van der Waals surface area contributed by atoms with Crippen LogP contribution in [0.25, 0.3) is 0 Å². The lowest BCUT2D eigenvalue weighted by Crippen LogP contribution is -2.42. The molecule has 1 heterocycles. The first kappa shape index (κ1) is 13.5. The van der Waals surface area contributed by atoms with Crippen molar-refractivity contribution in [2.45, 2.75) is 44.8 Å². The molecule has 3 N–H and O–H groups in total. The summed E-state index contributed by atoms with van der Waals surface area (Å²) in [6, 6.07) is 4.45. The Morgan fingerprint density at radius 3 is 2.78 bits per heavy atom. The topological polar surface area (TPSA) is 60.2 Å². The standard InChI is InChI=1S/C14H23N3O/c1-2-18-14-9-12(10-14)8-13(17-15)7-11-3-5-16-6-4-11/h3-6,12-14,17H,2,7-10,15H2,1H3. The van der Waals surface area contributed by atoms with Crippen LogP contribution in [0, 0.1) is 5.92 Å². The van der Waals surface area contributed by atoms with Gasteiger partial charge in [-0.15, -0.1) is 0 Å². The summed E-state index contributed by atoms with van der Waals surface area (Å²) in [4.78, 5) is 4.03. The van der Waals surface area contributed by atoms with Crippen LogP contribution < -0.4 is 11.3 Å². The van der Waals surface area contributed by atoms with Gasteiger partial charge in [0.25, 0.3) is 0 Å². The van der Waals surface area contributed by atoms with E-state index in [2.05, 4.69) is 17.3 Å². The highest BCUT2D eigenvalue weighted by Crippen LogP contribution is 2.33. The molecule has 0 amide bonds. The Balaban J connectivity index is 1.74. The Hall–Kier alpha value is -0.970. The Bertz CT molecular complexity index is 338. The number of ether oxygens (including phenoxy) is 1. The van der Waals surface area contributed by atoms with Crippen LogP contribution in [-0.4, -0.2) is 23.7 Å². The molecule has 0 radical (unpaired) electrons. The quantitative estimate of drug-likeness (QED) is 0.570. The van der Waals surface area contributed by atoms with Crippen molar-refractivity contribution in [3.05, 3.63) is 30.1 Å². The summed E-state index contributed by atoms with van der Waals surface area (Å²) < 4.78 is 5.58. The van der Waals surface area contributed by atoms with Crippen LogP contribution in [0.5, 0.6) is 0 Å². The molecule has 4 heteroatoms. The van der Waals surface area contributed by atoms with Crippen LogP contribution in [0.15, 0.2) is 24.5 Å². The summed E-state index contributed by atoms with van der Waals surface area (Å²) in [6.07, 6.45) is 8.61. The Labute approximate surface area is 109 Å². The number of pyridine rings is 1. The van der Waals surface area contributed by atoms with E-state index in [9.17, 15) is 0 Å². The first-order valence-electron chi connectivity index (χ1n) is 6.78. The highest BCUT2D eigenvalue weighted by molar-refractivity contribution is 5.11. The van der Waals surface area contributed by atoms with Crippen LogP contribution in [0.2, 0.25) is 0 Å². The van der Waals surface area contributed by atoms with Crippen LogP contribution in [0.3, 0.4) is 0 Å². The van der Waals surface area contributed by atoms with Crippen LogP contribution in [-0.2, 0) is 11.2 Å². The van der Waals surface area contributed by atoms with Gasteiger partial charge in [-0.1, -0.05) is 0 Å². The van der Waals surface area contributed by atoms with Gasteiger partial charge >= 0.3 is 0 Å². The monoisotopic (exact) mass is 249 g/mol. The van der Waals surface area contributed by atoms with Crippen LogP contribution >= 0.6 is 0 Å². The lowest BCUT2D eigenvalue weighted by Gasteiger charge is -2.37. The second-order valence-corrected chi connectivity index (χ2v) is 5.07. The molecule has 1 aromatic heterocycles. The molecule has 1 aromatic rings. The van der Waals surface area contributed by atoms with Crippen molar-refractivity contribution >= 4 is 0 Å². The van der Waals surface area contributed by atoms with E-state index >= 15 is 0 Å². The molecule has 4 nitrogen and oxygen atoms in total. The van der Waals surface area contributed by atoms with Crippen molar-refractivity contribution in [2.75, 3.05) is 6.61 Å². The van der Waals surface area contributed by atoms with Gasteiger partial charge in [0.05, 0.1) is 6.10 Å². The highest BCUT2D eigenvalue weighted by atomic mass is 16.5. The average molecular weight is 249 g/mol. The average Bonchev–Trinajstić information content (AvgIpc) is 2.36. The van der Waals surface area contributed by atoms with E-state index in [1.807, 2.05) is 24.5 Å². The Morgan fingerprint density at radius 1 is 1.44 bits per heavy atom. The molecule has 0 bridgehead atoms. The minimum Gasteiger partial charge on any atom is -0.378 e. The molecular weight excluding hydrogens is 226 g/mol. The minimum atomic E-state index is 0.347. The summed E-state index contributed by atoms with van der Waals surface area (Å²) in [7, 11) is 0. The van der Waals surface area contributed by atoms with E-state index in [1.165, 1.54) is 18.4 Å². The normalized spacial score (nSPS) is 24.6. The van der Waals surface area contributed by atoms with Crippen molar-refractivity contribution < 1.29 is 4.74 Å². The van der Waals surface area contributed by atoms with Gasteiger partial charge in [0, 0.05) is 25.0 Å². The van der Waals surface area contributed by atoms with Gasteiger partial charge in [-0.3, -0.25) is 16.3 Å². The fourth-order valence-corrected chi connectivity index (χ4v) is 2.65. The predicted octanol–water partition coefficient (Wildman–Crippen LogP) is 1.66. The summed E-state index contributed by atoms with van der Waals surface area (Å²) in [6.45, 7) is 2.88. The summed E-state index contributed by atoms with van der Waals surface area (Å²) in [5.41, 5.74) is 4.22. The fraction of sp³-hybridized carbons (Fsp3) is 0.643. The molecule has 2 rings (SSSR count). The lowest BCUT2D eigenvalue weighted by molar-refractivity contribution is -0.0290. The number of nitrogens with zero attached hydrogens (tertiary/aromatic N) is 1. The lowest BCUT2D eigenvalue weighted by atomic mass is 9.77. The molecule has 1 saturated carbocycles. The van der Waals surface area contributed by atoms with E-state index in [1.54, 1.807) is 0 Å². The van der Waals surface area contributed by atoms with Crippen molar-refractivity contribution in [1.82, 2.24) is 10.4 Å². The second-order valence-electron chi connectivity index (χ2n) is 5.07. The number of rotatable bonds is 7. The van der Waals surface area contributed by atoms with Gasteiger partial charge in [-0.05, 0) is 56.2 Å². The molecule has 1 atom stereocenters. The maximum Gasteiger partial charge on any atom is 0.0580 e. The van der Waals surface area contributed by atoms with E-state index in [-0.39, 0.29) is 0 Å². The van der Waals surface area contributed by atoms with Gasteiger partial charge < -0.3 is 4.74 Å². The van der Waals surface area contributed by atoms with Gasteiger partial charge in [0.1, 0.15) is 0 Å². The molecular formula is C14H23N3O. The molecule has 100 valence electrons. The number of nitrogens with one attached hydrogen (secondary N) is 1. The first-order valence-corrected chi connectivity index (χ1v) is 6.78. The van der Waals surface area contributed by atoms with Gasteiger partial charge in [0.2, 0.25) is 0 Å². The molecule has 0 aromatic carbocycles. The maximum atomic E-state index is 5.64. The van der Waals surface area contributed by atoms with Crippen molar-refractivity contribution in [2.24, 2.45) is 11.8 Å². The van der Waals surface area contributed by atoms with Crippen molar-refractivity contribution in [3.8, 4) is 0 Å². The number of hydrogen-bond donors (Lipinski definition) is 2. The Kier molecular flexibility index (Phi) is 5.11. The molecule has 0 aliphatic heterocycles. The van der Waals surface area contributed by atoms with Gasteiger partial charge in [0.15, 0.2) is 0 Å². The minimum absolute atomic E-state index is 0.347. The van der Waals surface area contributed by atoms with Crippen LogP contribution in [0.1, 0.15) is 31.7 Å². The Morgan fingerprint density at radius 2 is 2.17 bits per heavy atom. The smallest absolute Gasteiger partial charge is 0.0580 e. The molecule has 1 aliphatic rings. The van der Waals surface area contributed by atoms with Crippen LogP contribution in [0.4, 0.5) is 0 Å². The van der Waals surface area contributed by atoms with Gasteiger partial charge in [-0.2, -0.15) is 0 Å². The molecule has 0 saturated heterocycles. The zero-order chi connectivity index (χ0) is 12.8. The van der Waals surface area contributed by atoms with Gasteiger partial charge in [-0.25, -0.2) is 0 Å². The number of hydrogen-bond acceptors (Lipinski definition) is 4. The molecule has 0 spiro atoms. The zero-order valence-electron chi connectivity index (χ0n) is 11.0. The largest absolute Gasteiger partial charge is 0.378 e. The second kappa shape index (κ2) is 6.83. The highest BCUT2D eigenvalue weighted by Gasteiger charge is 2.31. The summed E-state index contributed by atoms with van der Waals surface area (Å²) in [5.74, 6) is 6.40. The number of aromatic nitrogens is 1. The number of nitrogens with two attached hydrogens (primary N) is 1. The van der Waals surface area contributed by atoms with Crippen molar-refractivity contribution in [3.63, 3.8) is 0 Å². The third-order valence-corrected chi connectivity index (χ3v) is 3.68. The van der Waals surface area contributed by atoms with E-state index in [4.69, 9.17) is 10.6 Å². The molecule has 18 heavy (non-hydrogen) atoms. The third kappa shape index (κ3) is 3.77.